The van der Waals surface area contributed by atoms with Crippen LogP contribution in [-0.2, 0) is 9.53 Å². The smallest absolute Gasteiger partial charge is 0.247 e. The molecule has 1 N–H and O–H groups in total. The van der Waals surface area contributed by atoms with E-state index in [4.69, 9.17) is 4.74 Å². The van der Waals surface area contributed by atoms with Crippen LogP contribution in [0.15, 0.2) is 11.8 Å². The Kier molecular flexibility index (Phi) is 3.64. The molecule has 0 aromatic carbocycles. The van der Waals surface area contributed by atoms with Crippen LogP contribution in [0, 0.1) is 0 Å². The molecule has 0 atom stereocenters. The van der Waals surface area contributed by atoms with E-state index >= 15 is 0 Å². The van der Waals surface area contributed by atoms with Crippen LogP contribution >= 0.6 is 0 Å². The second kappa shape index (κ2) is 4.80. The van der Waals surface area contributed by atoms with E-state index in [0.29, 0.717) is 6.61 Å². The third kappa shape index (κ3) is 2.95. The van der Waals surface area contributed by atoms with Gasteiger partial charge in [0.15, 0.2) is 0 Å². The van der Waals surface area contributed by atoms with Crippen molar-refractivity contribution in [2.45, 2.75) is 26.2 Å². The highest BCUT2D eigenvalue weighted by atomic mass is 16.5. The van der Waals surface area contributed by atoms with Gasteiger partial charge < -0.3 is 10.1 Å². The number of ether oxygens (including phenoxy) is 1. The Balaban J connectivity index is 2.53. The lowest BCUT2D eigenvalue weighted by molar-refractivity contribution is -0.116. The first-order chi connectivity index (χ1) is 5.83. The number of allylic oxidation sites excluding steroid dienone is 1. The average molecular weight is 169 g/mol. The lowest BCUT2D eigenvalue weighted by Gasteiger charge is -2.11. The number of hydrogen-bond donors (Lipinski definition) is 1. The molecule has 0 unspecified atom stereocenters. The highest BCUT2D eigenvalue weighted by molar-refractivity contribution is 5.87. The first-order valence-corrected chi connectivity index (χ1v) is 4.44. The van der Waals surface area contributed by atoms with Crippen LogP contribution in [0.2, 0.25) is 0 Å². The van der Waals surface area contributed by atoms with E-state index in [1.807, 2.05) is 6.92 Å². The lowest BCUT2D eigenvalue weighted by Crippen LogP contribution is -2.24. The van der Waals surface area contributed by atoms with Gasteiger partial charge in [-0.3, -0.25) is 4.79 Å². The Morgan fingerprint density at radius 2 is 2.42 bits per heavy atom. The SMILES string of the molecule is CCOC1=CC(=O)NCCCC1. The molecule has 12 heavy (non-hydrogen) atoms. The molecule has 1 aliphatic heterocycles. The van der Waals surface area contributed by atoms with Crippen LogP contribution < -0.4 is 5.32 Å². The molecule has 0 radical (unpaired) electrons. The molecule has 0 spiro atoms. The van der Waals surface area contributed by atoms with Gasteiger partial charge in [-0.25, -0.2) is 0 Å². The van der Waals surface area contributed by atoms with Gasteiger partial charge in [0.1, 0.15) is 5.76 Å². The number of carbonyl (C=O) groups is 1. The van der Waals surface area contributed by atoms with Gasteiger partial charge >= 0.3 is 0 Å². The molecule has 1 aliphatic rings. The lowest BCUT2D eigenvalue weighted by atomic mass is 10.2. The molecule has 0 aliphatic carbocycles. The summed E-state index contributed by atoms with van der Waals surface area (Å²) in [5.41, 5.74) is 0. The van der Waals surface area contributed by atoms with Crippen molar-refractivity contribution in [3.05, 3.63) is 11.8 Å². The second-order valence-corrected chi connectivity index (χ2v) is 2.79. The highest BCUT2D eigenvalue weighted by Crippen LogP contribution is 2.10. The van der Waals surface area contributed by atoms with Crippen molar-refractivity contribution in [3.8, 4) is 0 Å². The minimum atomic E-state index is -0.0295. The molecule has 0 fully saturated rings. The number of hydrogen-bond acceptors (Lipinski definition) is 2. The first-order valence-electron chi connectivity index (χ1n) is 4.44. The molecule has 1 amide bonds. The Labute approximate surface area is 72.8 Å². The predicted octanol–water partition coefficient (Wildman–Crippen LogP) is 1.21. The Morgan fingerprint density at radius 3 is 3.17 bits per heavy atom. The molecular formula is C9H15NO2. The predicted molar refractivity (Wildman–Crippen MR) is 46.6 cm³/mol. The van der Waals surface area contributed by atoms with Crippen molar-refractivity contribution in [2.75, 3.05) is 13.2 Å². The molecule has 0 saturated carbocycles. The monoisotopic (exact) mass is 169 g/mol. The average Bonchev–Trinajstić information content (AvgIpc) is 2.00. The Bertz CT molecular complexity index is 187. The zero-order chi connectivity index (χ0) is 8.81. The van der Waals surface area contributed by atoms with Gasteiger partial charge in [0.25, 0.3) is 0 Å². The van der Waals surface area contributed by atoms with Gasteiger partial charge in [0, 0.05) is 19.0 Å². The third-order valence-corrected chi connectivity index (χ3v) is 1.77. The first kappa shape index (κ1) is 9.10. The molecule has 1 rings (SSSR count). The molecule has 0 saturated heterocycles. The normalized spacial score (nSPS) is 18.8. The van der Waals surface area contributed by atoms with Gasteiger partial charge in [-0.1, -0.05) is 0 Å². The fourth-order valence-electron chi connectivity index (χ4n) is 1.20. The molecule has 0 aromatic heterocycles. The summed E-state index contributed by atoms with van der Waals surface area (Å²) in [5, 5.41) is 2.78. The maximum atomic E-state index is 11.1. The van der Waals surface area contributed by atoms with Gasteiger partial charge in [-0.15, -0.1) is 0 Å². The topological polar surface area (TPSA) is 38.3 Å². The van der Waals surface area contributed by atoms with Crippen molar-refractivity contribution in [1.82, 2.24) is 5.32 Å². The minimum absolute atomic E-state index is 0.0295. The Hall–Kier alpha value is -0.990. The number of nitrogens with one attached hydrogen (secondary N) is 1. The van der Waals surface area contributed by atoms with Crippen LogP contribution in [0.5, 0.6) is 0 Å². The van der Waals surface area contributed by atoms with Gasteiger partial charge in [-0.2, -0.15) is 0 Å². The fourth-order valence-corrected chi connectivity index (χ4v) is 1.20. The summed E-state index contributed by atoms with van der Waals surface area (Å²) in [7, 11) is 0. The van der Waals surface area contributed by atoms with Crippen molar-refractivity contribution < 1.29 is 9.53 Å². The zero-order valence-electron chi connectivity index (χ0n) is 7.43. The van der Waals surface area contributed by atoms with E-state index in [9.17, 15) is 4.79 Å². The maximum Gasteiger partial charge on any atom is 0.247 e. The molecular weight excluding hydrogens is 154 g/mol. The largest absolute Gasteiger partial charge is 0.498 e. The third-order valence-electron chi connectivity index (χ3n) is 1.77. The molecule has 68 valence electrons. The number of amides is 1. The number of carbonyl (C=O) groups excluding carboxylic acids is 1. The molecule has 0 bridgehead atoms. The highest BCUT2D eigenvalue weighted by Gasteiger charge is 2.05. The van der Waals surface area contributed by atoms with Crippen molar-refractivity contribution in [1.29, 1.82) is 0 Å². The fraction of sp³-hybridized carbons (Fsp3) is 0.667. The summed E-state index contributed by atoms with van der Waals surface area (Å²) in [4.78, 5) is 11.1. The van der Waals surface area contributed by atoms with Crippen molar-refractivity contribution >= 4 is 5.91 Å². The summed E-state index contributed by atoms with van der Waals surface area (Å²) >= 11 is 0. The molecule has 3 heteroatoms. The second-order valence-electron chi connectivity index (χ2n) is 2.79. The maximum absolute atomic E-state index is 11.1. The summed E-state index contributed by atoms with van der Waals surface area (Å²) in [6.45, 7) is 3.35. The molecule has 1 heterocycles. The number of rotatable bonds is 2. The van der Waals surface area contributed by atoms with Crippen LogP contribution in [0.3, 0.4) is 0 Å². The van der Waals surface area contributed by atoms with E-state index in [1.165, 1.54) is 0 Å². The molecule has 0 aromatic rings. The van der Waals surface area contributed by atoms with E-state index in [-0.39, 0.29) is 5.91 Å². The Morgan fingerprint density at radius 1 is 1.58 bits per heavy atom. The van der Waals surface area contributed by atoms with Crippen LogP contribution in [0.25, 0.3) is 0 Å². The van der Waals surface area contributed by atoms with E-state index in [1.54, 1.807) is 6.08 Å². The summed E-state index contributed by atoms with van der Waals surface area (Å²) in [5.74, 6) is 0.785. The molecule has 3 nitrogen and oxygen atoms in total. The van der Waals surface area contributed by atoms with Crippen LogP contribution in [-0.4, -0.2) is 19.1 Å². The minimum Gasteiger partial charge on any atom is -0.498 e. The van der Waals surface area contributed by atoms with E-state index in [0.717, 1.165) is 31.6 Å². The van der Waals surface area contributed by atoms with Crippen molar-refractivity contribution in [2.24, 2.45) is 0 Å². The van der Waals surface area contributed by atoms with Gasteiger partial charge in [-0.05, 0) is 19.8 Å². The standard InChI is InChI=1S/C9H15NO2/c1-2-12-8-5-3-4-6-10-9(11)7-8/h7H,2-6H2,1H3,(H,10,11). The summed E-state index contributed by atoms with van der Waals surface area (Å²) in [6.07, 6.45) is 4.58. The summed E-state index contributed by atoms with van der Waals surface area (Å²) < 4.78 is 5.29. The zero-order valence-corrected chi connectivity index (χ0v) is 7.43. The van der Waals surface area contributed by atoms with E-state index in [2.05, 4.69) is 5.32 Å². The van der Waals surface area contributed by atoms with Gasteiger partial charge in [0.05, 0.1) is 6.61 Å². The van der Waals surface area contributed by atoms with Crippen LogP contribution in [0.1, 0.15) is 26.2 Å². The quantitative estimate of drug-likeness (QED) is 0.674. The van der Waals surface area contributed by atoms with Gasteiger partial charge in [0.2, 0.25) is 5.91 Å². The van der Waals surface area contributed by atoms with E-state index < -0.39 is 0 Å². The van der Waals surface area contributed by atoms with Crippen LogP contribution in [0.4, 0.5) is 0 Å². The van der Waals surface area contributed by atoms with Crippen molar-refractivity contribution in [3.63, 3.8) is 0 Å². The summed E-state index contributed by atoms with van der Waals surface area (Å²) in [6, 6.07) is 0.